The van der Waals surface area contributed by atoms with Crippen LogP contribution in [0.5, 0.6) is 0 Å². The lowest BCUT2D eigenvalue weighted by Crippen LogP contribution is -2.51. The van der Waals surface area contributed by atoms with Crippen molar-refractivity contribution < 1.29 is 29.0 Å². The minimum absolute atomic E-state index is 0.185. The second-order valence-corrected chi connectivity index (χ2v) is 6.25. The second kappa shape index (κ2) is 7.33. The first kappa shape index (κ1) is 18.1. The number of hydrogen-bond donors (Lipinski definition) is 2. The normalized spacial score (nSPS) is 17.5. The van der Waals surface area contributed by atoms with E-state index in [4.69, 9.17) is 14.6 Å². The molecule has 1 unspecified atom stereocenters. The van der Waals surface area contributed by atoms with Crippen molar-refractivity contribution in [1.29, 1.82) is 0 Å². The Bertz CT molecular complexity index is 424. The fourth-order valence-electron chi connectivity index (χ4n) is 2.35. The lowest BCUT2D eigenvalue weighted by molar-refractivity contribution is -0.145. The van der Waals surface area contributed by atoms with Gasteiger partial charge in [-0.05, 0) is 39.5 Å². The largest absolute Gasteiger partial charge is 0.467 e. The zero-order valence-electron chi connectivity index (χ0n) is 13.4. The molecule has 126 valence electrons. The number of carbonyl (C=O) groups is 3. The van der Waals surface area contributed by atoms with Crippen LogP contribution in [0.2, 0.25) is 0 Å². The number of ether oxygens (including phenoxy) is 2. The average molecular weight is 316 g/mol. The highest BCUT2D eigenvalue weighted by molar-refractivity contribution is 5.81. The van der Waals surface area contributed by atoms with Gasteiger partial charge in [0.1, 0.15) is 11.6 Å². The number of nitrogens with one attached hydrogen (secondary N) is 1. The first-order valence-corrected chi connectivity index (χ1v) is 7.19. The van der Waals surface area contributed by atoms with E-state index in [1.54, 1.807) is 20.8 Å². The van der Waals surface area contributed by atoms with E-state index in [9.17, 15) is 14.4 Å². The lowest BCUT2D eigenvalue weighted by Gasteiger charge is -2.34. The molecule has 0 bridgehead atoms. The number of carboxylic acid groups (broad SMARTS) is 1. The molecule has 0 radical (unpaired) electrons. The van der Waals surface area contributed by atoms with Crippen LogP contribution in [-0.4, -0.2) is 60.0 Å². The molecule has 1 rings (SSSR count). The number of methoxy groups -OCH3 is 1. The number of esters is 1. The Morgan fingerprint density at radius 3 is 2.18 bits per heavy atom. The van der Waals surface area contributed by atoms with Gasteiger partial charge >= 0.3 is 18.2 Å². The average Bonchev–Trinajstić information content (AvgIpc) is 2.42. The first-order chi connectivity index (χ1) is 10.1. The molecule has 8 nitrogen and oxygen atoms in total. The molecule has 1 atom stereocenters. The highest BCUT2D eigenvalue weighted by atomic mass is 16.6. The zero-order valence-corrected chi connectivity index (χ0v) is 13.4. The lowest BCUT2D eigenvalue weighted by atomic mass is 9.89. The highest BCUT2D eigenvalue weighted by Crippen LogP contribution is 2.22. The van der Waals surface area contributed by atoms with Crippen LogP contribution in [0.15, 0.2) is 0 Å². The molecule has 1 heterocycles. The van der Waals surface area contributed by atoms with Crippen molar-refractivity contribution in [2.24, 2.45) is 5.92 Å². The van der Waals surface area contributed by atoms with Crippen LogP contribution in [0.4, 0.5) is 9.59 Å². The summed E-state index contributed by atoms with van der Waals surface area (Å²) in [6, 6.07) is -0.837. The van der Waals surface area contributed by atoms with Crippen LogP contribution in [0.3, 0.4) is 0 Å². The summed E-state index contributed by atoms with van der Waals surface area (Å²) in [4.78, 5) is 36.0. The molecule has 1 fully saturated rings. The summed E-state index contributed by atoms with van der Waals surface area (Å²) >= 11 is 0. The number of likely N-dealkylation sites (tertiary alicyclic amines) is 1. The van der Waals surface area contributed by atoms with E-state index in [1.165, 1.54) is 12.0 Å². The maximum absolute atomic E-state index is 11.9. The topological polar surface area (TPSA) is 105 Å². The van der Waals surface area contributed by atoms with Crippen molar-refractivity contribution in [3.8, 4) is 0 Å². The van der Waals surface area contributed by atoms with Crippen LogP contribution < -0.4 is 5.32 Å². The smallest absolute Gasteiger partial charge is 0.408 e. The molecule has 2 N–H and O–H groups in total. The molecular weight excluding hydrogens is 292 g/mol. The van der Waals surface area contributed by atoms with Crippen molar-refractivity contribution in [2.75, 3.05) is 20.2 Å². The summed E-state index contributed by atoms with van der Waals surface area (Å²) in [5.74, 6) is -0.741. The van der Waals surface area contributed by atoms with E-state index in [-0.39, 0.29) is 5.92 Å². The van der Waals surface area contributed by atoms with Crippen LogP contribution >= 0.6 is 0 Å². The molecule has 8 heteroatoms. The van der Waals surface area contributed by atoms with E-state index in [0.717, 1.165) is 0 Å². The fraction of sp³-hybridized carbons (Fsp3) is 0.786. The molecule has 22 heavy (non-hydrogen) atoms. The molecule has 0 aromatic rings. The quantitative estimate of drug-likeness (QED) is 0.763. The zero-order chi connectivity index (χ0) is 16.9. The van der Waals surface area contributed by atoms with Crippen LogP contribution in [-0.2, 0) is 14.3 Å². The molecule has 2 amide bonds. The molecule has 0 aromatic heterocycles. The van der Waals surface area contributed by atoms with Gasteiger partial charge in [-0.1, -0.05) is 0 Å². The summed E-state index contributed by atoms with van der Waals surface area (Å²) in [5, 5.41) is 11.5. The molecule has 1 aliphatic rings. The monoisotopic (exact) mass is 316 g/mol. The molecular formula is C14H24N2O6. The third-order valence-electron chi connectivity index (χ3n) is 3.41. The number of amides is 2. The van der Waals surface area contributed by atoms with Gasteiger partial charge in [0.15, 0.2) is 0 Å². The van der Waals surface area contributed by atoms with Crippen LogP contribution in [0.25, 0.3) is 0 Å². The maximum Gasteiger partial charge on any atom is 0.408 e. The number of nitrogens with zero attached hydrogens (tertiary/aromatic N) is 1. The Morgan fingerprint density at radius 2 is 1.77 bits per heavy atom. The number of piperidine rings is 1. The molecule has 0 aliphatic carbocycles. The van der Waals surface area contributed by atoms with Gasteiger partial charge in [0.25, 0.3) is 0 Å². The van der Waals surface area contributed by atoms with Crippen molar-refractivity contribution in [3.05, 3.63) is 0 Å². The van der Waals surface area contributed by atoms with Crippen molar-refractivity contribution >= 4 is 18.2 Å². The molecule has 1 saturated heterocycles. The summed E-state index contributed by atoms with van der Waals surface area (Å²) in [5.41, 5.74) is -0.669. The third-order valence-corrected chi connectivity index (χ3v) is 3.41. The van der Waals surface area contributed by atoms with E-state index in [2.05, 4.69) is 5.32 Å². The Kier molecular flexibility index (Phi) is 6.01. The van der Waals surface area contributed by atoms with Gasteiger partial charge in [-0.2, -0.15) is 0 Å². The SMILES string of the molecule is COC(=O)C(NC(=O)OC(C)(C)C)C1CCN(C(=O)O)CC1. The molecule has 1 aliphatic heterocycles. The Labute approximate surface area is 129 Å². The minimum Gasteiger partial charge on any atom is -0.467 e. The van der Waals surface area contributed by atoms with Crippen molar-refractivity contribution in [2.45, 2.75) is 45.3 Å². The number of rotatable bonds is 3. The summed E-state index contributed by atoms with van der Waals surface area (Å²) in [6.07, 6.45) is -0.722. The summed E-state index contributed by atoms with van der Waals surface area (Å²) < 4.78 is 9.88. The fourth-order valence-corrected chi connectivity index (χ4v) is 2.35. The number of hydrogen-bond acceptors (Lipinski definition) is 5. The van der Waals surface area contributed by atoms with Gasteiger partial charge in [0.2, 0.25) is 0 Å². The second-order valence-electron chi connectivity index (χ2n) is 6.25. The van der Waals surface area contributed by atoms with Gasteiger partial charge < -0.3 is 24.8 Å². The molecule has 0 spiro atoms. The van der Waals surface area contributed by atoms with Gasteiger partial charge in [0, 0.05) is 13.1 Å². The van der Waals surface area contributed by atoms with Crippen molar-refractivity contribution in [3.63, 3.8) is 0 Å². The Hall–Kier alpha value is -1.99. The summed E-state index contributed by atoms with van der Waals surface area (Å²) in [6.45, 7) is 5.83. The van der Waals surface area contributed by atoms with Gasteiger partial charge in [0.05, 0.1) is 7.11 Å². The van der Waals surface area contributed by atoms with E-state index in [1.807, 2.05) is 0 Å². The van der Waals surface area contributed by atoms with E-state index < -0.39 is 29.8 Å². The predicted octanol–water partition coefficient (Wildman–Crippen LogP) is 1.44. The Morgan fingerprint density at radius 1 is 1.23 bits per heavy atom. The Balaban J connectivity index is 2.68. The van der Waals surface area contributed by atoms with Gasteiger partial charge in [-0.3, -0.25) is 0 Å². The highest BCUT2D eigenvalue weighted by Gasteiger charge is 2.35. The van der Waals surface area contributed by atoms with Gasteiger partial charge in [-0.25, -0.2) is 14.4 Å². The van der Waals surface area contributed by atoms with E-state index >= 15 is 0 Å². The third kappa shape index (κ3) is 5.42. The predicted molar refractivity (Wildman–Crippen MR) is 77.5 cm³/mol. The van der Waals surface area contributed by atoms with E-state index in [0.29, 0.717) is 25.9 Å². The van der Waals surface area contributed by atoms with Crippen molar-refractivity contribution in [1.82, 2.24) is 10.2 Å². The van der Waals surface area contributed by atoms with Gasteiger partial charge in [-0.15, -0.1) is 0 Å². The maximum atomic E-state index is 11.9. The van der Waals surface area contributed by atoms with Crippen LogP contribution in [0, 0.1) is 5.92 Å². The number of alkyl carbamates (subject to hydrolysis) is 1. The minimum atomic E-state index is -0.979. The van der Waals surface area contributed by atoms with Crippen LogP contribution in [0.1, 0.15) is 33.6 Å². The standard InChI is InChI=1S/C14H24N2O6/c1-14(2,3)22-12(18)15-10(11(17)21-4)9-5-7-16(8-6-9)13(19)20/h9-10H,5-8H2,1-4H3,(H,15,18)(H,19,20). The molecule has 0 aromatic carbocycles. The summed E-state index contributed by atoms with van der Waals surface area (Å²) in [7, 11) is 1.25. The number of carbonyl (C=O) groups excluding carboxylic acids is 2. The first-order valence-electron chi connectivity index (χ1n) is 7.19. The molecule has 0 saturated carbocycles.